The van der Waals surface area contributed by atoms with E-state index in [4.69, 9.17) is 4.74 Å². The number of anilines is 1. The van der Waals surface area contributed by atoms with E-state index in [9.17, 15) is 0 Å². The van der Waals surface area contributed by atoms with E-state index in [1.165, 1.54) is 11.3 Å². The van der Waals surface area contributed by atoms with Crippen molar-refractivity contribution in [3.63, 3.8) is 0 Å². The number of hydrogen-bond donors (Lipinski definition) is 0. The Hall–Kier alpha value is -1.18. The van der Waals surface area contributed by atoms with Gasteiger partial charge in [0.05, 0.1) is 12.2 Å². The molecule has 2 heteroatoms. The second kappa shape index (κ2) is 6.41. The summed E-state index contributed by atoms with van der Waals surface area (Å²) in [7, 11) is 0. The summed E-state index contributed by atoms with van der Waals surface area (Å²) in [5, 5.41) is 0. The molecule has 0 radical (unpaired) electrons. The third kappa shape index (κ3) is 2.69. The first-order valence-corrected chi connectivity index (χ1v) is 6.35. The second-order valence-corrected chi connectivity index (χ2v) is 3.58. The van der Waals surface area contributed by atoms with Crippen molar-refractivity contribution in [2.75, 3.05) is 24.6 Å². The van der Waals surface area contributed by atoms with Crippen LogP contribution in [0.15, 0.2) is 18.2 Å². The summed E-state index contributed by atoms with van der Waals surface area (Å²) in [6.45, 7) is 11.3. The largest absolute Gasteiger partial charge is 0.490 e. The van der Waals surface area contributed by atoms with Crippen LogP contribution in [-0.4, -0.2) is 19.7 Å². The minimum absolute atomic E-state index is 0.812. The number of nitrogens with zero attached hydrogens (tertiary/aromatic N) is 1. The Morgan fingerprint density at radius 1 is 1.25 bits per heavy atom. The standard InChI is InChI=1S/C12H17NO.C2H6/c1-3-10-5-6-12-11(9-10)13(4-2)7-8-14-12;1-2/h5-6,9H,3-4,7-8H2,1-2H3;1-2H3. The number of hydrogen-bond acceptors (Lipinski definition) is 2. The van der Waals surface area contributed by atoms with Crippen molar-refractivity contribution in [2.24, 2.45) is 0 Å². The predicted molar refractivity (Wildman–Crippen MR) is 70.6 cm³/mol. The van der Waals surface area contributed by atoms with Crippen molar-refractivity contribution >= 4 is 5.69 Å². The Balaban J connectivity index is 0.000000606. The summed E-state index contributed by atoms with van der Waals surface area (Å²) < 4.78 is 5.61. The summed E-state index contributed by atoms with van der Waals surface area (Å²) >= 11 is 0. The van der Waals surface area contributed by atoms with Gasteiger partial charge < -0.3 is 9.64 Å². The summed E-state index contributed by atoms with van der Waals surface area (Å²) in [4.78, 5) is 2.37. The maximum Gasteiger partial charge on any atom is 0.142 e. The number of ether oxygens (including phenoxy) is 1. The van der Waals surface area contributed by atoms with Crippen molar-refractivity contribution in [1.29, 1.82) is 0 Å². The maximum absolute atomic E-state index is 5.61. The van der Waals surface area contributed by atoms with E-state index in [0.29, 0.717) is 0 Å². The van der Waals surface area contributed by atoms with Crippen LogP contribution < -0.4 is 9.64 Å². The number of benzene rings is 1. The van der Waals surface area contributed by atoms with Crippen LogP contribution in [0.25, 0.3) is 0 Å². The van der Waals surface area contributed by atoms with Gasteiger partial charge in [-0.25, -0.2) is 0 Å². The van der Waals surface area contributed by atoms with Crippen LogP contribution in [-0.2, 0) is 6.42 Å². The molecule has 1 aromatic rings. The molecular weight excluding hydrogens is 198 g/mol. The first kappa shape index (κ1) is 12.9. The lowest BCUT2D eigenvalue weighted by molar-refractivity contribution is 0.308. The van der Waals surface area contributed by atoms with Gasteiger partial charge >= 0.3 is 0 Å². The Bertz CT molecular complexity index is 323. The number of rotatable bonds is 2. The Labute approximate surface area is 99.2 Å². The molecule has 1 aliphatic heterocycles. The molecule has 0 saturated carbocycles. The first-order chi connectivity index (χ1) is 7.85. The normalized spacial score (nSPS) is 13.4. The van der Waals surface area contributed by atoms with E-state index < -0.39 is 0 Å². The van der Waals surface area contributed by atoms with Gasteiger partial charge in [-0.3, -0.25) is 0 Å². The molecule has 0 unspecified atom stereocenters. The summed E-state index contributed by atoms with van der Waals surface area (Å²) in [5.41, 5.74) is 2.64. The predicted octanol–water partition coefficient (Wildman–Crippen LogP) is 3.49. The van der Waals surface area contributed by atoms with Crippen LogP contribution in [0.4, 0.5) is 5.69 Å². The highest BCUT2D eigenvalue weighted by Gasteiger charge is 2.16. The minimum Gasteiger partial charge on any atom is -0.490 e. The molecule has 2 nitrogen and oxygen atoms in total. The fraction of sp³-hybridized carbons (Fsp3) is 0.571. The van der Waals surface area contributed by atoms with Crippen LogP contribution in [0.1, 0.15) is 33.3 Å². The molecule has 0 aliphatic carbocycles. The molecule has 2 rings (SSSR count). The van der Waals surface area contributed by atoms with Crippen LogP contribution >= 0.6 is 0 Å². The molecule has 0 spiro atoms. The Kier molecular flexibility index (Phi) is 5.17. The van der Waals surface area contributed by atoms with Gasteiger partial charge in [0.15, 0.2) is 0 Å². The Morgan fingerprint density at radius 2 is 2.00 bits per heavy atom. The minimum atomic E-state index is 0.812. The monoisotopic (exact) mass is 221 g/mol. The smallest absolute Gasteiger partial charge is 0.142 e. The zero-order valence-electron chi connectivity index (χ0n) is 10.9. The third-order valence-corrected chi connectivity index (χ3v) is 2.77. The number of fused-ring (bicyclic) bond motifs is 1. The van der Waals surface area contributed by atoms with E-state index in [0.717, 1.165) is 31.9 Å². The van der Waals surface area contributed by atoms with Gasteiger partial charge in [0.25, 0.3) is 0 Å². The molecule has 16 heavy (non-hydrogen) atoms. The molecule has 0 N–H and O–H groups in total. The van der Waals surface area contributed by atoms with Crippen molar-refractivity contribution in [2.45, 2.75) is 34.1 Å². The van der Waals surface area contributed by atoms with Crippen molar-refractivity contribution in [3.05, 3.63) is 23.8 Å². The third-order valence-electron chi connectivity index (χ3n) is 2.77. The SMILES string of the molecule is CC.CCc1ccc2c(c1)N(CC)CCO2. The van der Waals surface area contributed by atoms with E-state index >= 15 is 0 Å². The van der Waals surface area contributed by atoms with E-state index in [-0.39, 0.29) is 0 Å². The average molecular weight is 221 g/mol. The topological polar surface area (TPSA) is 12.5 Å². The maximum atomic E-state index is 5.61. The molecule has 0 amide bonds. The van der Waals surface area contributed by atoms with Crippen LogP contribution in [0, 0.1) is 0 Å². The van der Waals surface area contributed by atoms with Crippen molar-refractivity contribution < 1.29 is 4.74 Å². The lowest BCUT2D eigenvalue weighted by atomic mass is 10.1. The second-order valence-electron chi connectivity index (χ2n) is 3.58. The number of aryl methyl sites for hydroxylation is 1. The van der Waals surface area contributed by atoms with Crippen LogP contribution in [0.2, 0.25) is 0 Å². The lowest BCUT2D eigenvalue weighted by Gasteiger charge is -2.30. The molecule has 0 atom stereocenters. The molecule has 90 valence electrons. The van der Waals surface area contributed by atoms with Gasteiger partial charge in [0.1, 0.15) is 12.4 Å². The number of likely N-dealkylation sites (N-methyl/N-ethyl adjacent to an activating group) is 1. The van der Waals surface area contributed by atoms with Gasteiger partial charge in [-0.15, -0.1) is 0 Å². The molecule has 0 bridgehead atoms. The van der Waals surface area contributed by atoms with E-state index in [1.807, 2.05) is 13.8 Å². The van der Waals surface area contributed by atoms with Crippen LogP contribution in [0.5, 0.6) is 5.75 Å². The zero-order valence-corrected chi connectivity index (χ0v) is 10.9. The van der Waals surface area contributed by atoms with Crippen LogP contribution in [0.3, 0.4) is 0 Å². The quantitative estimate of drug-likeness (QED) is 0.758. The zero-order chi connectivity index (χ0) is 12.0. The van der Waals surface area contributed by atoms with Gasteiger partial charge in [0, 0.05) is 6.54 Å². The highest BCUT2D eigenvalue weighted by molar-refractivity contribution is 5.61. The highest BCUT2D eigenvalue weighted by atomic mass is 16.5. The first-order valence-electron chi connectivity index (χ1n) is 6.35. The van der Waals surface area contributed by atoms with Gasteiger partial charge in [-0.1, -0.05) is 26.8 Å². The van der Waals surface area contributed by atoms with Gasteiger partial charge in [-0.05, 0) is 31.0 Å². The van der Waals surface area contributed by atoms with Gasteiger partial charge in [0.2, 0.25) is 0 Å². The fourth-order valence-electron chi connectivity index (χ4n) is 1.87. The molecule has 0 saturated heterocycles. The highest BCUT2D eigenvalue weighted by Crippen LogP contribution is 2.32. The van der Waals surface area contributed by atoms with E-state index in [2.05, 4.69) is 36.9 Å². The average Bonchev–Trinajstić information content (AvgIpc) is 2.39. The fourth-order valence-corrected chi connectivity index (χ4v) is 1.87. The van der Waals surface area contributed by atoms with E-state index in [1.54, 1.807) is 0 Å². The molecule has 1 aromatic carbocycles. The van der Waals surface area contributed by atoms with Crippen molar-refractivity contribution in [1.82, 2.24) is 0 Å². The summed E-state index contributed by atoms with van der Waals surface area (Å²) in [5.74, 6) is 1.04. The van der Waals surface area contributed by atoms with Gasteiger partial charge in [-0.2, -0.15) is 0 Å². The molecule has 1 aliphatic rings. The van der Waals surface area contributed by atoms with Crippen molar-refractivity contribution in [3.8, 4) is 5.75 Å². The Morgan fingerprint density at radius 3 is 2.62 bits per heavy atom. The molecule has 1 heterocycles. The summed E-state index contributed by atoms with van der Waals surface area (Å²) in [6.07, 6.45) is 1.09. The molecular formula is C14H23NO. The molecule has 0 aromatic heterocycles. The lowest BCUT2D eigenvalue weighted by Crippen LogP contribution is -2.32. The summed E-state index contributed by atoms with van der Waals surface area (Å²) in [6, 6.07) is 6.49. The molecule has 0 fully saturated rings.